The molecule has 0 radical (unpaired) electrons. The maximum absolute atomic E-state index is 11.6. The van der Waals surface area contributed by atoms with Crippen LogP contribution in [-0.2, 0) is 4.79 Å². The molecule has 1 unspecified atom stereocenters. The van der Waals surface area contributed by atoms with Crippen molar-refractivity contribution in [2.24, 2.45) is 0 Å². The van der Waals surface area contributed by atoms with E-state index in [1.807, 2.05) is 6.92 Å². The quantitative estimate of drug-likeness (QED) is 0.642. The molecule has 0 aliphatic carbocycles. The molecular weight excluding hydrogens is 190 g/mol. The minimum Gasteiger partial charge on any atom is -0.349 e. The minimum atomic E-state index is 0.0580. The zero-order chi connectivity index (χ0) is 11.1. The number of hydrogen-bond donors (Lipinski definition) is 2. The Morgan fingerprint density at radius 3 is 3.13 bits per heavy atom. The molecule has 1 amide bonds. The summed E-state index contributed by atoms with van der Waals surface area (Å²) >= 11 is 0. The standard InChI is InChI=1S/C11H21N3O/c1-3-10(2)13-11(15)9-14-7-4-5-12-6-8-14/h3,10,12H,1,4-9H2,2H3,(H,13,15). The van der Waals surface area contributed by atoms with Crippen molar-refractivity contribution in [1.82, 2.24) is 15.5 Å². The van der Waals surface area contributed by atoms with E-state index in [1.165, 1.54) is 0 Å². The zero-order valence-electron chi connectivity index (χ0n) is 9.46. The SMILES string of the molecule is C=CC(C)NC(=O)CN1CCCNCC1. The maximum atomic E-state index is 11.6. The molecule has 86 valence electrons. The van der Waals surface area contributed by atoms with Gasteiger partial charge >= 0.3 is 0 Å². The normalized spacial score (nSPS) is 20.3. The molecule has 1 fully saturated rings. The third-order valence-electron chi connectivity index (χ3n) is 2.54. The van der Waals surface area contributed by atoms with Gasteiger partial charge in [-0.05, 0) is 26.4 Å². The van der Waals surface area contributed by atoms with E-state index in [0.29, 0.717) is 6.54 Å². The highest BCUT2D eigenvalue weighted by Crippen LogP contribution is 1.95. The van der Waals surface area contributed by atoms with E-state index in [1.54, 1.807) is 6.08 Å². The van der Waals surface area contributed by atoms with Crippen LogP contribution >= 0.6 is 0 Å². The van der Waals surface area contributed by atoms with Crippen LogP contribution in [0.25, 0.3) is 0 Å². The monoisotopic (exact) mass is 211 g/mol. The van der Waals surface area contributed by atoms with E-state index >= 15 is 0 Å². The maximum Gasteiger partial charge on any atom is 0.234 e. The van der Waals surface area contributed by atoms with E-state index in [9.17, 15) is 4.79 Å². The number of amides is 1. The van der Waals surface area contributed by atoms with E-state index in [0.717, 1.165) is 32.6 Å². The van der Waals surface area contributed by atoms with Crippen molar-refractivity contribution in [1.29, 1.82) is 0 Å². The predicted octanol–water partition coefficient (Wildman–Crippen LogP) is -0.0276. The van der Waals surface area contributed by atoms with Gasteiger partial charge in [0.1, 0.15) is 0 Å². The lowest BCUT2D eigenvalue weighted by atomic mass is 10.3. The van der Waals surface area contributed by atoms with Crippen LogP contribution in [0, 0.1) is 0 Å². The van der Waals surface area contributed by atoms with Crippen LogP contribution in [0.5, 0.6) is 0 Å². The Labute approximate surface area is 91.7 Å². The fraction of sp³-hybridized carbons (Fsp3) is 0.727. The summed E-state index contributed by atoms with van der Waals surface area (Å²) in [5, 5.41) is 6.19. The van der Waals surface area contributed by atoms with Crippen molar-refractivity contribution >= 4 is 5.91 Å². The van der Waals surface area contributed by atoms with Gasteiger partial charge < -0.3 is 10.6 Å². The van der Waals surface area contributed by atoms with Crippen LogP contribution in [0.15, 0.2) is 12.7 Å². The van der Waals surface area contributed by atoms with Gasteiger partial charge in [0, 0.05) is 19.1 Å². The Balaban J connectivity index is 2.26. The van der Waals surface area contributed by atoms with Crippen LogP contribution < -0.4 is 10.6 Å². The Kier molecular flexibility index (Phi) is 5.36. The van der Waals surface area contributed by atoms with Crippen molar-refractivity contribution in [2.75, 3.05) is 32.7 Å². The van der Waals surface area contributed by atoms with Gasteiger partial charge in [0.25, 0.3) is 0 Å². The van der Waals surface area contributed by atoms with Gasteiger partial charge in [-0.1, -0.05) is 6.08 Å². The first-order valence-corrected chi connectivity index (χ1v) is 5.57. The van der Waals surface area contributed by atoms with Gasteiger partial charge in [-0.15, -0.1) is 6.58 Å². The van der Waals surface area contributed by atoms with Crippen LogP contribution in [0.4, 0.5) is 0 Å². The molecule has 1 heterocycles. The van der Waals surface area contributed by atoms with Crippen LogP contribution in [0.3, 0.4) is 0 Å². The molecule has 0 bridgehead atoms. The lowest BCUT2D eigenvalue weighted by Crippen LogP contribution is -2.41. The van der Waals surface area contributed by atoms with Crippen molar-refractivity contribution < 1.29 is 4.79 Å². The fourth-order valence-corrected chi connectivity index (χ4v) is 1.62. The molecule has 2 N–H and O–H groups in total. The highest BCUT2D eigenvalue weighted by molar-refractivity contribution is 5.78. The molecule has 0 saturated carbocycles. The van der Waals surface area contributed by atoms with Gasteiger partial charge in [0.2, 0.25) is 5.91 Å². The molecule has 0 aromatic heterocycles. The molecule has 4 heteroatoms. The fourth-order valence-electron chi connectivity index (χ4n) is 1.62. The summed E-state index contributed by atoms with van der Waals surface area (Å²) in [6.07, 6.45) is 2.85. The summed E-state index contributed by atoms with van der Waals surface area (Å²) in [5.41, 5.74) is 0. The molecule has 0 spiro atoms. The van der Waals surface area contributed by atoms with Crippen molar-refractivity contribution in [3.63, 3.8) is 0 Å². The second kappa shape index (κ2) is 6.58. The summed E-state index contributed by atoms with van der Waals surface area (Å²) in [6, 6.07) is 0.0580. The lowest BCUT2D eigenvalue weighted by molar-refractivity contribution is -0.122. The smallest absolute Gasteiger partial charge is 0.234 e. The molecule has 4 nitrogen and oxygen atoms in total. The Morgan fingerprint density at radius 2 is 2.40 bits per heavy atom. The lowest BCUT2D eigenvalue weighted by Gasteiger charge is -2.19. The third kappa shape index (κ3) is 4.95. The summed E-state index contributed by atoms with van der Waals surface area (Å²) in [6.45, 7) is 10.1. The highest BCUT2D eigenvalue weighted by Gasteiger charge is 2.12. The first kappa shape index (κ1) is 12.2. The molecule has 0 aromatic carbocycles. The van der Waals surface area contributed by atoms with E-state index in [2.05, 4.69) is 22.1 Å². The van der Waals surface area contributed by atoms with Crippen molar-refractivity contribution in [3.05, 3.63) is 12.7 Å². The molecule has 1 saturated heterocycles. The highest BCUT2D eigenvalue weighted by atomic mass is 16.2. The number of carbonyl (C=O) groups excluding carboxylic acids is 1. The predicted molar refractivity (Wildman–Crippen MR) is 61.7 cm³/mol. The van der Waals surface area contributed by atoms with Gasteiger partial charge in [-0.3, -0.25) is 9.69 Å². The molecule has 1 atom stereocenters. The molecule has 1 rings (SSSR count). The Morgan fingerprint density at radius 1 is 1.60 bits per heavy atom. The van der Waals surface area contributed by atoms with Gasteiger partial charge in [0.15, 0.2) is 0 Å². The Hall–Kier alpha value is -0.870. The Bertz CT molecular complexity index is 210. The first-order chi connectivity index (χ1) is 7.22. The summed E-state index contributed by atoms with van der Waals surface area (Å²) in [4.78, 5) is 13.8. The zero-order valence-corrected chi connectivity index (χ0v) is 9.46. The van der Waals surface area contributed by atoms with Crippen LogP contribution in [0.1, 0.15) is 13.3 Å². The number of nitrogens with one attached hydrogen (secondary N) is 2. The average molecular weight is 211 g/mol. The average Bonchev–Trinajstić information content (AvgIpc) is 2.46. The molecule has 1 aliphatic heterocycles. The van der Waals surface area contributed by atoms with Gasteiger partial charge in [-0.25, -0.2) is 0 Å². The topological polar surface area (TPSA) is 44.4 Å². The number of rotatable bonds is 4. The third-order valence-corrected chi connectivity index (χ3v) is 2.54. The van der Waals surface area contributed by atoms with E-state index < -0.39 is 0 Å². The van der Waals surface area contributed by atoms with Crippen molar-refractivity contribution in [3.8, 4) is 0 Å². The largest absolute Gasteiger partial charge is 0.349 e. The second-order valence-electron chi connectivity index (χ2n) is 3.97. The van der Waals surface area contributed by atoms with Crippen molar-refractivity contribution in [2.45, 2.75) is 19.4 Å². The van der Waals surface area contributed by atoms with E-state index in [4.69, 9.17) is 0 Å². The van der Waals surface area contributed by atoms with Gasteiger partial charge in [-0.2, -0.15) is 0 Å². The molecule has 1 aliphatic rings. The van der Waals surface area contributed by atoms with Crippen LogP contribution in [0.2, 0.25) is 0 Å². The molecule has 15 heavy (non-hydrogen) atoms. The molecule has 0 aromatic rings. The second-order valence-corrected chi connectivity index (χ2v) is 3.97. The number of carbonyl (C=O) groups is 1. The van der Waals surface area contributed by atoms with Crippen LogP contribution in [-0.4, -0.2) is 49.6 Å². The van der Waals surface area contributed by atoms with E-state index in [-0.39, 0.29) is 11.9 Å². The minimum absolute atomic E-state index is 0.0580. The summed E-state index contributed by atoms with van der Waals surface area (Å²) in [7, 11) is 0. The number of nitrogens with zero attached hydrogens (tertiary/aromatic N) is 1. The molecular formula is C11H21N3O. The first-order valence-electron chi connectivity index (χ1n) is 5.57. The summed E-state index contributed by atoms with van der Waals surface area (Å²) in [5.74, 6) is 0.0873. The number of hydrogen-bond acceptors (Lipinski definition) is 3. The summed E-state index contributed by atoms with van der Waals surface area (Å²) < 4.78 is 0. The van der Waals surface area contributed by atoms with Gasteiger partial charge in [0.05, 0.1) is 6.54 Å².